The van der Waals surface area contributed by atoms with E-state index in [1.165, 1.54) is 18.3 Å². The lowest BCUT2D eigenvalue weighted by atomic mass is 10.4. The number of rotatable bonds is 5. The van der Waals surface area contributed by atoms with E-state index >= 15 is 0 Å². The Bertz CT molecular complexity index is 363. The number of nitrogens with zero attached hydrogens (tertiary/aromatic N) is 2. The summed E-state index contributed by atoms with van der Waals surface area (Å²) in [5.41, 5.74) is 2.61. The van der Waals surface area contributed by atoms with Crippen LogP contribution >= 0.6 is 0 Å². The third kappa shape index (κ3) is 3.56. The number of nitrogens with one attached hydrogen (secondary N) is 1. The third-order valence-corrected chi connectivity index (χ3v) is 1.32. The van der Waals surface area contributed by atoms with E-state index in [0.29, 0.717) is 5.69 Å². The Morgan fingerprint density at radius 1 is 1.67 bits per heavy atom. The number of hydrogen-bond donors (Lipinski definition) is 2. The first-order valence-electron chi connectivity index (χ1n) is 3.79. The molecule has 0 saturated carbocycles. The van der Waals surface area contributed by atoms with Gasteiger partial charge < -0.3 is 15.2 Å². The molecule has 0 spiro atoms. The highest BCUT2D eigenvalue weighted by atomic mass is 16.7. The summed E-state index contributed by atoms with van der Waals surface area (Å²) in [6.45, 7) is -0.517. The van der Waals surface area contributed by atoms with Crippen molar-refractivity contribution in [2.24, 2.45) is 0 Å². The number of pyridine rings is 1. The van der Waals surface area contributed by atoms with Crippen molar-refractivity contribution < 1.29 is 19.7 Å². The molecule has 1 aromatic rings. The molecule has 8 nitrogen and oxygen atoms in total. The molecule has 15 heavy (non-hydrogen) atoms. The Balaban J connectivity index is 2.50. The molecule has 0 aliphatic rings. The molecule has 0 atom stereocenters. The quantitative estimate of drug-likeness (QED) is 0.537. The molecular weight excluding hydrogens is 206 g/mol. The van der Waals surface area contributed by atoms with Crippen LogP contribution in [0.25, 0.3) is 0 Å². The predicted molar refractivity (Wildman–Crippen MR) is 48.1 cm³/mol. The smallest absolute Gasteiger partial charge is 0.363 e. The van der Waals surface area contributed by atoms with E-state index in [9.17, 15) is 14.9 Å². The molecular formula is C7H7N3O5. The SMILES string of the molecule is O=C(O)CONc1ccc([N+](=O)[O-])nc1. The molecule has 0 bridgehead atoms. The molecule has 0 aromatic carbocycles. The number of carbonyl (C=O) groups is 1. The van der Waals surface area contributed by atoms with Crippen LogP contribution < -0.4 is 5.48 Å². The fraction of sp³-hybridized carbons (Fsp3) is 0.143. The normalized spacial score (nSPS) is 9.60. The van der Waals surface area contributed by atoms with E-state index < -0.39 is 17.5 Å². The average molecular weight is 213 g/mol. The van der Waals surface area contributed by atoms with Crippen LogP contribution in [0.2, 0.25) is 0 Å². The van der Waals surface area contributed by atoms with Gasteiger partial charge in [-0.2, -0.15) is 0 Å². The van der Waals surface area contributed by atoms with Crippen LogP contribution in [0.1, 0.15) is 0 Å². The Hall–Kier alpha value is -2.22. The molecule has 2 N–H and O–H groups in total. The fourth-order valence-electron chi connectivity index (χ4n) is 0.736. The van der Waals surface area contributed by atoms with Crippen LogP contribution in [0, 0.1) is 10.1 Å². The highest BCUT2D eigenvalue weighted by Crippen LogP contribution is 2.10. The summed E-state index contributed by atoms with van der Waals surface area (Å²) in [5, 5.41) is 18.5. The second kappa shape index (κ2) is 4.86. The largest absolute Gasteiger partial charge is 0.479 e. The number of carboxylic acid groups (broad SMARTS) is 1. The zero-order valence-electron chi connectivity index (χ0n) is 7.41. The van der Waals surface area contributed by atoms with Crippen LogP contribution in [0.3, 0.4) is 0 Å². The van der Waals surface area contributed by atoms with Gasteiger partial charge in [-0.1, -0.05) is 0 Å². The van der Waals surface area contributed by atoms with Gasteiger partial charge in [0, 0.05) is 6.07 Å². The Kier molecular flexibility index (Phi) is 3.52. The van der Waals surface area contributed by atoms with E-state index in [-0.39, 0.29) is 5.82 Å². The van der Waals surface area contributed by atoms with E-state index in [1.54, 1.807) is 0 Å². The summed E-state index contributed by atoms with van der Waals surface area (Å²) < 4.78 is 0. The van der Waals surface area contributed by atoms with Gasteiger partial charge in [-0.3, -0.25) is 10.3 Å². The van der Waals surface area contributed by atoms with Gasteiger partial charge in [0.1, 0.15) is 5.69 Å². The lowest BCUT2D eigenvalue weighted by Crippen LogP contribution is -2.11. The summed E-state index contributed by atoms with van der Waals surface area (Å²) >= 11 is 0. The molecule has 1 heterocycles. The topological polar surface area (TPSA) is 115 Å². The minimum atomic E-state index is -1.13. The maximum atomic E-state index is 10.2. The minimum absolute atomic E-state index is 0.293. The number of hydrogen-bond acceptors (Lipinski definition) is 6. The van der Waals surface area contributed by atoms with Crippen molar-refractivity contribution in [3.63, 3.8) is 0 Å². The molecule has 0 amide bonds. The van der Waals surface area contributed by atoms with Crippen LogP contribution in [-0.4, -0.2) is 27.6 Å². The number of nitro groups is 1. The Morgan fingerprint density at radius 3 is 2.87 bits per heavy atom. The molecule has 0 saturated heterocycles. The maximum absolute atomic E-state index is 10.2. The van der Waals surface area contributed by atoms with Gasteiger partial charge in [-0.15, -0.1) is 0 Å². The van der Waals surface area contributed by atoms with Crippen LogP contribution in [0.15, 0.2) is 18.3 Å². The molecule has 0 unspecified atom stereocenters. The van der Waals surface area contributed by atoms with Crippen molar-refractivity contribution in [2.45, 2.75) is 0 Å². The lowest BCUT2D eigenvalue weighted by molar-refractivity contribution is -0.389. The summed E-state index contributed by atoms with van der Waals surface area (Å²) in [7, 11) is 0. The van der Waals surface area contributed by atoms with E-state index in [4.69, 9.17) is 5.11 Å². The van der Waals surface area contributed by atoms with E-state index in [0.717, 1.165) is 0 Å². The molecule has 0 radical (unpaired) electrons. The number of carboxylic acids is 1. The van der Waals surface area contributed by atoms with Crippen molar-refractivity contribution in [1.29, 1.82) is 0 Å². The second-order valence-corrected chi connectivity index (χ2v) is 2.45. The van der Waals surface area contributed by atoms with Gasteiger partial charge in [-0.05, 0) is 16.0 Å². The molecule has 1 rings (SSSR count). The lowest BCUT2D eigenvalue weighted by Gasteiger charge is -2.01. The first-order valence-corrected chi connectivity index (χ1v) is 3.79. The highest BCUT2D eigenvalue weighted by Gasteiger charge is 2.06. The zero-order valence-corrected chi connectivity index (χ0v) is 7.41. The van der Waals surface area contributed by atoms with E-state index in [2.05, 4.69) is 15.3 Å². The van der Waals surface area contributed by atoms with Crippen molar-refractivity contribution in [1.82, 2.24) is 4.98 Å². The average Bonchev–Trinajstić information content (AvgIpc) is 2.18. The summed E-state index contributed by atoms with van der Waals surface area (Å²) in [5.74, 6) is -1.42. The molecule has 80 valence electrons. The molecule has 1 aromatic heterocycles. The predicted octanol–water partition coefficient (Wildman–Crippen LogP) is 0.418. The van der Waals surface area contributed by atoms with E-state index in [1.807, 2.05) is 0 Å². The van der Waals surface area contributed by atoms with Gasteiger partial charge in [0.15, 0.2) is 12.8 Å². The van der Waals surface area contributed by atoms with Crippen molar-refractivity contribution in [2.75, 3.05) is 12.1 Å². The summed E-state index contributed by atoms with van der Waals surface area (Å²) in [4.78, 5) is 27.7. The molecule has 8 heteroatoms. The first kappa shape index (κ1) is 10.9. The van der Waals surface area contributed by atoms with Crippen molar-refractivity contribution in [3.05, 3.63) is 28.4 Å². The van der Waals surface area contributed by atoms with Gasteiger partial charge in [0.05, 0.1) is 0 Å². The van der Waals surface area contributed by atoms with Gasteiger partial charge in [0.2, 0.25) is 0 Å². The Morgan fingerprint density at radius 2 is 2.40 bits per heavy atom. The minimum Gasteiger partial charge on any atom is -0.479 e. The third-order valence-electron chi connectivity index (χ3n) is 1.32. The molecule has 0 fully saturated rings. The van der Waals surface area contributed by atoms with Crippen molar-refractivity contribution in [3.8, 4) is 0 Å². The van der Waals surface area contributed by atoms with Crippen LogP contribution in [-0.2, 0) is 9.63 Å². The maximum Gasteiger partial charge on any atom is 0.363 e. The van der Waals surface area contributed by atoms with Gasteiger partial charge in [-0.25, -0.2) is 4.79 Å². The standard InChI is InChI=1S/C7H7N3O5/c11-7(12)4-15-9-5-1-2-6(8-3-5)10(13)14/h1-3,9H,4H2,(H,11,12). The fourth-order valence-corrected chi connectivity index (χ4v) is 0.736. The van der Waals surface area contributed by atoms with Gasteiger partial charge >= 0.3 is 11.8 Å². The second-order valence-electron chi connectivity index (χ2n) is 2.45. The Labute approximate surface area is 83.6 Å². The number of aromatic nitrogens is 1. The van der Waals surface area contributed by atoms with Crippen LogP contribution in [0.5, 0.6) is 0 Å². The molecule has 0 aliphatic carbocycles. The van der Waals surface area contributed by atoms with Crippen LogP contribution in [0.4, 0.5) is 11.5 Å². The van der Waals surface area contributed by atoms with Gasteiger partial charge in [0.25, 0.3) is 0 Å². The number of aliphatic carboxylic acids is 1. The zero-order chi connectivity index (χ0) is 11.3. The summed E-state index contributed by atoms with van der Waals surface area (Å²) in [6, 6.07) is 2.53. The summed E-state index contributed by atoms with van der Waals surface area (Å²) in [6.07, 6.45) is 1.17. The monoisotopic (exact) mass is 213 g/mol. The number of anilines is 1. The highest BCUT2D eigenvalue weighted by molar-refractivity contribution is 5.68. The first-order chi connectivity index (χ1) is 7.09. The molecule has 0 aliphatic heterocycles. The van der Waals surface area contributed by atoms with Crippen molar-refractivity contribution >= 4 is 17.5 Å².